The minimum atomic E-state index is -0.677. The molecule has 3 nitrogen and oxygen atoms in total. The Labute approximate surface area is 136 Å². The van der Waals surface area contributed by atoms with Crippen molar-refractivity contribution >= 4 is 11.7 Å². The summed E-state index contributed by atoms with van der Waals surface area (Å²) in [5.41, 5.74) is 4.34. The Kier molecular flexibility index (Phi) is 3.37. The first-order chi connectivity index (χ1) is 11.2. The molecule has 23 heavy (non-hydrogen) atoms. The zero-order chi connectivity index (χ0) is 15.9. The van der Waals surface area contributed by atoms with Crippen LogP contribution >= 0.6 is 0 Å². The highest BCUT2D eigenvalue weighted by atomic mass is 16.4. The molecule has 0 bridgehead atoms. The maximum Gasteiger partial charge on any atom is 0.314 e. The van der Waals surface area contributed by atoms with Gasteiger partial charge in [0.1, 0.15) is 0 Å². The average Bonchev–Trinajstić information content (AvgIpc) is 2.54. The number of nitrogens with zero attached hydrogens (tertiary/aromatic N) is 1. The minimum Gasteiger partial charge on any atom is -0.481 e. The summed E-state index contributed by atoms with van der Waals surface area (Å²) in [4.78, 5) is 14.0. The maximum atomic E-state index is 11.6. The Bertz CT molecular complexity index is 732. The lowest BCUT2D eigenvalue weighted by atomic mass is 9.64. The van der Waals surface area contributed by atoms with Gasteiger partial charge in [0.25, 0.3) is 0 Å². The van der Waals surface area contributed by atoms with E-state index in [0.29, 0.717) is 0 Å². The number of hydrogen-bond donors (Lipinski definition) is 1. The van der Waals surface area contributed by atoms with Crippen molar-refractivity contribution in [2.24, 2.45) is 0 Å². The molecule has 1 saturated carbocycles. The molecule has 4 rings (SSSR count). The zero-order valence-electron chi connectivity index (χ0n) is 13.2. The lowest BCUT2D eigenvalue weighted by molar-refractivity contribution is -0.147. The number of anilines is 1. The summed E-state index contributed by atoms with van der Waals surface area (Å²) in [7, 11) is 0. The third-order valence-electron chi connectivity index (χ3n) is 5.53. The molecule has 1 N–H and O–H groups in total. The van der Waals surface area contributed by atoms with Crippen LogP contribution in [0.1, 0.15) is 36.0 Å². The number of rotatable bonds is 3. The van der Waals surface area contributed by atoms with Gasteiger partial charge in [-0.1, -0.05) is 42.8 Å². The molecule has 0 spiro atoms. The van der Waals surface area contributed by atoms with Gasteiger partial charge in [0, 0.05) is 18.8 Å². The van der Waals surface area contributed by atoms with E-state index in [2.05, 4.69) is 41.3 Å². The third-order valence-corrected chi connectivity index (χ3v) is 5.53. The molecular formula is C20H21NO2. The molecule has 118 valence electrons. The van der Waals surface area contributed by atoms with Crippen molar-refractivity contribution in [3.63, 3.8) is 0 Å². The molecule has 1 fully saturated rings. The van der Waals surface area contributed by atoms with Crippen LogP contribution in [0.15, 0.2) is 48.5 Å². The molecule has 0 amide bonds. The van der Waals surface area contributed by atoms with Crippen LogP contribution in [0.5, 0.6) is 0 Å². The Morgan fingerprint density at radius 2 is 1.70 bits per heavy atom. The number of hydrogen-bond acceptors (Lipinski definition) is 2. The Hall–Kier alpha value is -2.29. The molecule has 1 aliphatic carbocycles. The molecule has 0 atom stereocenters. The second-order valence-electron chi connectivity index (χ2n) is 6.73. The van der Waals surface area contributed by atoms with Gasteiger partial charge in [0.15, 0.2) is 0 Å². The van der Waals surface area contributed by atoms with E-state index in [4.69, 9.17) is 0 Å². The molecule has 1 aliphatic heterocycles. The van der Waals surface area contributed by atoms with Crippen molar-refractivity contribution in [3.05, 3.63) is 65.2 Å². The maximum absolute atomic E-state index is 11.6. The molecular weight excluding hydrogens is 286 g/mol. The largest absolute Gasteiger partial charge is 0.481 e. The monoisotopic (exact) mass is 307 g/mol. The fraction of sp³-hybridized carbons (Fsp3) is 0.350. The number of carbonyl (C=O) groups is 1. The number of carboxylic acids is 1. The summed E-state index contributed by atoms with van der Waals surface area (Å²) in [6.07, 6.45) is 3.60. The van der Waals surface area contributed by atoms with Crippen molar-refractivity contribution in [1.29, 1.82) is 0 Å². The Morgan fingerprint density at radius 1 is 1.00 bits per heavy atom. The van der Waals surface area contributed by atoms with Gasteiger partial charge in [-0.25, -0.2) is 0 Å². The van der Waals surface area contributed by atoms with Gasteiger partial charge in [-0.3, -0.25) is 4.79 Å². The minimum absolute atomic E-state index is 0.632. The molecule has 1 heterocycles. The third kappa shape index (κ3) is 2.31. The Morgan fingerprint density at radius 3 is 2.30 bits per heavy atom. The van der Waals surface area contributed by atoms with Crippen molar-refractivity contribution < 1.29 is 9.90 Å². The molecule has 0 aromatic heterocycles. The van der Waals surface area contributed by atoms with E-state index in [0.717, 1.165) is 44.3 Å². The zero-order valence-corrected chi connectivity index (χ0v) is 13.2. The first kappa shape index (κ1) is 14.3. The SMILES string of the molecule is O=C(O)C1(c2ccc(N3CCc4ccccc4C3)cc2)CCC1. The molecule has 0 unspecified atom stereocenters. The van der Waals surface area contributed by atoms with Gasteiger partial charge < -0.3 is 10.0 Å². The van der Waals surface area contributed by atoms with Crippen LogP contribution in [-0.4, -0.2) is 17.6 Å². The van der Waals surface area contributed by atoms with Crippen LogP contribution < -0.4 is 4.90 Å². The predicted octanol–water partition coefficient (Wildman–Crippen LogP) is 3.76. The summed E-state index contributed by atoms with van der Waals surface area (Å²) in [5.74, 6) is -0.677. The lowest BCUT2D eigenvalue weighted by Gasteiger charge is -2.38. The smallest absolute Gasteiger partial charge is 0.314 e. The molecule has 2 aromatic carbocycles. The quantitative estimate of drug-likeness (QED) is 0.938. The summed E-state index contributed by atoms with van der Waals surface area (Å²) < 4.78 is 0. The highest BCUT2D eigenvalue weighted by Crippen LogP contribution is 2.44. The summed E-state index contributed by atoms with van der Waals surface area (Å²) in [6, 6.07) is 16.8. The second kappa shape index (κ2) is 5.41. The van der Waals surface area contributed by atoms with E-state index in [1.807, 2.05) is 12.1 Å². The van der Waals surface area contributed by atoms with Crippen LogP contribution in [0, 0.1) is 0 Å². The van der Waals surface area contributed by atoms with E-state index in [1.54, 1.807) is 0 Å². The van der Waals surface area contributed by atoms with E-state index < -0.39 is 11.4 Å². The standard InChI is InChI=1S/C20H21NO2/c22-19(23)20(11-3-12-20)17-6-8-18(9-7-17)21-13-10-15-4-1-2-5-16(15)14-21/h1-2,4-9H,3,10-14H2,(H,22,23). The predicted molar refractivity (Wildman–Crippen MR) is 90.8 cm³/mol. The molecule has 2 aliphatic rings. The van der Waals surface area contributed by atoms with Crippen molar-refractivity contribution in [2.45, 2.75) is 37.6 Å². The van der Waals surface area contributed by atoms with Crippen molar-refractivity contribution in [2.75, 3.05) is 11.4 Å². The first-order valence-electron chi connectivity index (χ1n) is 8.35. The number of carboxylic acid groups (broad SMARTS) is 1. The highest BCUT2D eigenvalue weighted by Gasteiger charge is 2.45. The Balaban J connectivity index is 1.57. The van der Waals surface area contributed by atoms with Crippen LogP contribution in [0.3, 0.4) is 0 Å². The first-order valence-corrected chi connectivity index (χ1v) is 8.35. The molecule has 2 aromatic rings. The van der Waals surface area contributed by atoms with Crippen LogP contribution in [-0.2, 0) is 23.2 Å². The number of fused-ring (bicyclic) bond motifs is 1. The molecule has 0 saturated heterocycles. The van der Waals surface area contributed by atoms with E-state index in [-0.39, 0.29) is 0 Å². The lowest BCUT2D eigenvalue weighted by Crippen LogP contribution is -2.42. The van der Waals surface area contributed by atoms with Gasteiger partial charge in [0.2, 0.25) is 0 Å². The highest BCUT2D eigenvalue weighted by molar-refractivity contribution is 5.82. The van der Waals surface area contributed by atoms with Crippen LogP contribution in [0.4, 0.5) is 5.69 Å². The average molecular weight is 307 g/mol. The van der Waals surface area contributed by atoms with Crippen molar-refractivity contribution in [1.82, 2.24) is 0 Å². The van der Waals surface area contributed by atoms with Gasteiger partial charge in [-0.05, 0) is 48.1 Å². The van der Waals surface area contributed by atoms with Gasteiger partial charge in [-0.15, -0.1) is 0 Å². The fourth-order valence-electron chi connectivity index (χ4n) is 3.86. The number of benzene rings is 2. The van der Waals surface area contributed by atoms with Crippen LogP contribution in [0.25, 0.3) is 0 Å². The van der Waals surface area contributed by atoms with Crippen LogP contribution in [0.2, 0.25) is 0 Å². The van der Waals surface area contributed by atoms with Gasteiger partial charge in [0.05, 0.1) is 5.41 Å². The van der Waals surface area contributed by atoms with Crippen molar-refractivity contribution in [3.8, 4) is 0 Å². The van der Waals surface area contributed by atoms with Gasteiger partial charge >= 0.3 is 5.97 Å². The molecule has 3 heteroatoms. The van der Waals surface area contributed by atoms with E-state index in [1.165, 1.54) is 16.8 Å². The van der Waals surface area contributed by atoms with Gasteiger partial charge in [-0.2, -0.15) is 0 Å². The normalized spacial score (nSPS) is 18.9. The van der Waals surface area contributed by atoms with E-state index >= 15 is 0 Å². The molecule has 0 radical (unpaired) electrons. The number of aliphatic carboxylic acids is 1. The summed E-state index contributed by atoms with van der Waals surface area (Å²) in [5, 5.41) is 9.55. The summed E-state index contributed by atoms with van der Waals surface area (Å²) >= 11 is 0. The fourth-order valence-corrected chi connectivity index (χ4v) is 3.86. The van der Waals surface area contributed by atoms with E-state index in [9.17, 15) is 9.90 Å². The second-order valence-corrected chi connectivity index (χ2v) is 6.73. The topological polar surface area (TPSA) is 40.5 Å². The summed E-state index contributed by atoms with van der Waals surface area (Å²) in [6.45, 7) is 1.94.